The molecule has 0 saturated carbocycles. The average molecular weight is 342 g/mol. The van der Waals surface area contributed by atoms with Crippen LogP contribution in [0.1, 0.15) is 36.7 Å². The van der Waals surface area contributed by atoms with Crippen molar-refractivity contribution in [3.8, 4) is 0 Å². The predicted molar refractivity (Wildman–Crippen MR) is 95.0 cm³/mol. The van der Waals surface area contributed by atoms with Crippen LogP contribution in [0.2, 0.25) is 0 Å². The van der Waals surface area contributed by atoms with Gasteiger partial charge in [-0.25, -0.2) is 4.68 Å². The molecule has 0 aliphatic carbocycles. The van der Waals surface area contributed by atoms with Crippen LogP contribution in [-0.4, -0.2) is 45.7 Å². The lowest BCUT2D eigenvalue weighted by molar-refractivity contribution is -0.124. The van der Waals surface area contributed by atoms with E-state index in [9.17, 15) is 4.79 Å². The first-order valence-corrected chi connectivity index (χ1v) is 9.01. The van der Waals surface area contributed by atoms with Crippen molar-refractivity contribution in [2.24, 2.45) is 5.92 Å². The molecule has 2 heterocycles. The zero-order valence-corrected chi connectivity index (χ0v) is 14.7. The van der Waals surface area contributed by atoms with Crippen LogP contribution in [-0.2, 0) is 11.2 Å². The molecule has 25 heavy (non-hydrogen) atoms. The highest BCUT2D eigenvalue weighted by Gasteiger charge is 2.24. The van der Waals surface area contributed by atoms with Gasteiger partial charge >= 0.3 is 0 Å². The Morgan fingerprint density at radius 3 is 2.92 bits per heavy atom. The summed E-state index contributed by atoms with van der Waals surface area (Å²) < 4.78 is 1.62. The normalized spacial score (nSPS) is 18.7. The number of nitrogens with zero attached hydrogens (tertiary/aromatic N) is 4. The number of carbonyl (C=O) groups is 1. The van der Waals surface area contributed by atoms with Gasteiger partial charge in [-0.2, -0.15) is 0 Å². The molecule has 1 amide bonds. The summed E-state index contributed by atoms with van der Waals surface area (Å²) in [6.45, 7) is 4.67. The van der Waals surface area contributed by atoms with E-state index in [-0.39, 0.29) is 5.91 Å². The van der Waals surface area contributed by atoms with Crippen molar-refractivity contribution >= 4 is 5.91 Å². The number of hydrogen-bond donors (Lipinski definition) is 2. The number of amides is 1. The quantitative estimate of drug-likeness (QED) is 0.792. The van der Waals surface area contributed by atoms with Crippen LogP contribution in [0.3, 0.4) is 0 Å². The van der Waals surface area contributed by atoms with Crippen LogP contribution in [0.25, 0.3) is 0 Å². The van der Waals surface area contributed by atoms with Gasteiger partial charge in [-0.3, -0.25) is 4.79 Å². The van der Waals surface area contributed by atoms with Gasteiger partial charge in [0.2, 0.25) is 5.91 Å². The molecule has 1 fully saturated rings. The highest BCUT2D eigenvalue weighted by molar-refractivity contribution is 5.80. The zero-order chi connectivity index (χ0) is 17.5. The Bertz CT molecular complexity index is 665. The third-order valence-electron chi connectivity index (χ3n) is 4.78. The van der Waals surface area contributed by atoms with E-state index in [2.05, 4.69) is 26.2 Å². The maximum atomic E-state index is 12.8. The van der Waals surface area contributed by atoms with Gasteiger partial charge in [0.1, 0.15) is 11.9 Å². The van der Waals surface area contributed by atoms with E-state index < -0.39 is 6.04 Å². The van der Waals surface area contributed by atoms with E-state index in [0.29, 0.717) is 24.7 Å². The van der Waals surface area contributed by atoms with E-state index in [4.69, 9.17) is 0 Å². The van der Waals surface area contributed by atoms with E-state index in [1.54, 1.807) is 4.68 Å². The number of tetrazole rings is 1. The summed E-state index contributed by atoms with van der Waals surface area (Å²) in [5.41, 5.74) is 1.09. The Hall–Kier alpha value is -2.28. The summed E-state index contributed by atoms with van der Waals surface area (Å²) in [6, 6.07) is 9.54. The molecule has 7 heteroatoms. The number of rotatable bonds is 7. The van der Waals surface area contributed by atoms with Gasteiger partial charge in [0, 0.05) is 13.0 Å². The van der Waals surface area contributed by atoms with Crippen LogP contribution in [0, 0.1) is 12.8 Å². The first-order chi connectivity index (χ1) is 12.2. The molecule has 0 radical (unpaired) electrons. The second-order valence-electron chi connectivity index (χ2n) is 6.67. The lowest BCUT2D eigenvalue weighted by atomic mass is 9.96. The van der Waals surface area contributed by atoms with E-state index in [1.807, 2.05) is 37.3 Å². The molecule has 0 spiro atoms. The minimum atomic E-state index is -0.429. The van der Waals surface area contributed by atoms with Crippen molar-refractivity contribution in [1.82, 2.24) is 30.8 Å². The molecule has 1 aliphatic heterocycles. The van der Waals surface area contributed by atoms with Gasteiger partial charge in [-0.05, 0) is 61.2 Å². The number of benzene rings is 1. The predicted octanol–water partition coefficient (Wildman–Crippen LogP) is 1.27. The molecular weight excluding hydrogens is 316 g/mol. The second kappa shape index (κ2) is 8.71. The minimum absolute atomic E-state index is 0.0250. The number of carbonyl (C=O) groups excluding carboxylic acids is 1. The lowest BCUT2D eigenvalue weighted by Crippen LogP contribution is -2.37. The molecule has 7 nitrogen and oxygen atoms in total. The Morgan fingerprint density at radius 1 is 1.40 bits per heavy atom. The summed E-state index contributed by atoms with van der Waals surface area (Å²) >= 11 is 0. The molecule has 1 aliphatic rings. The van der Waals surface area contributed by atoms with Crippen LogP contribution in [0.15, 0.2) is 30.3 Å². The molecule has 2 unspecified atom stereocenters. The third-order valence-corrected chi connectivity index (χ3v) is 4.78. The van der Waals surface area contributed by atoms with Crippen LogP contribution in [0.5, 0.6) is 0 Å². The number of aromatic nitrogens is 4. The SMILES string of the molecule is Cc1nnnn1C(Cc1ccccc1)C(=O)NCCC1CCCNC1. The van der Waals surface area contributed by atoms with Crippen LogP contribution < -0.4 is 10.6 Å². The van der Waals surface area contributed by atoms with E-state index in [0.717, 1.165) is 25.1 Å². The Kier molecular flexibility index (Phi) is 6.11. The number of nitrogens with one attached hydrogen (secondary N) is 2. The fraction of sp³-hybridized carbons (Fsp3) is 0.556. The second-order valence-corrected chi connectivity index (χ2v) is 6.67. The monoisotopic (exact) mass is 342 g/mol. The number of aryl methyl sites for hydroxylation is 1. The molecule has 0 bridgehead atoms. The van der Waals surface area contributed by atoms with E-state index >= 15 is 0 Å². The molecule has 2 aromatic rings. The van der Waals surface area contributed by atoms with Gasteiger partial charge < -0.3 is 10.6 Å². The third kappa shape index (κ3) is 4.85. The van der Waals surface area contributed by atoms with Crippen molar-refractivity contribution in [3.63, 3.8) is 0 Å². The molecule has 1 aromatic heterocycles. The van der Waals surface area contributed by atoms with Crippen molar-refractivity contribution in [1.29, 1.82) is 0 Å². The first-order valence-electron chi connectivity index (χ1n) is 9.01. The van der Waals surface area contributed by atoms with Gasteiger partial charge in [0.15, 0.2) is 0 Å². The topological polar surface area (TPSA) is 84.7 Å². The fourth-order valence-corrected chi connectivity index (χ4v) is 3.34. The van der Waals surface area contributed by atoms with Gasteiger partial charge in [-0.15, -0.1) is 5.10 Å². The van der Waals surface area contributed by atoms with Gasteiger partial charge in [0.05, 0.1) is 0 Å². The van der Waals surface area contributed by atoms with Crippen molar-refractivity contribution in [2.45, 2.75) is 38.6 Å². The lowest BCUT2D eigenvalue weighted by Gasteiger charge is -2.23. The Morgan fingerprint density at radius 2 is 2.24 bits per heavy atom. The van der Waals surface area contributed by atoms with Crippen LogP contribution >= 0.6 is 0 Å². The highest BCUT2D eigenvalue weighted by Crippen LogP contribution is 2.16. The molecule has 2 atom stereocenters. The van der Waals surface area contributed by atoms with Crippen molar-refractivity contribution < 1.29 is 4.79 Å². The largest absolute Gasteiger partial charge is 0.354 e. The van der Waals surface area contributed by atoms with Crippen molar-refractivity contribution in [2.75, 3.05) is 19.6 Å². The summed E-state index contributed by atoms with van der Waals surface area (Å²) in [4.78, 5) is 12.8. The Balaban J connectivity index is 1.62. The van der Waals surface area contributed by atoms with Gasteiger partial charge in [0.25, 0.3) is 0 Å². The average Bonchev–Trinajstić information content (AvgIpc) is 3.07. The van der Waals surface area contributed by atoms with Gasteiger partial charge in [-0.1, -0.05) is 30.3 Å². The summed E-state index contributed by atoms with van der Waals surface area (Å²) in [6.07, 6.45) is 4.04. The van der Waals surface area contributed by atoms with Crippen LogP contribution in [0.4, 0.5) is 0 Å². The number of piperidine rings is 1. The summed E-state index contributed by atoms with van der Waals surface area (Å²) in [7, 11) is 0. The van der Waals surface area contributed by atoms with E-state index in [1.165, 1.54) is 12.8 Å². The molecule has 134 valence electrons. The summed E-state index contributed by atoms with van der Waals surface area (Å²) in [5.74, 6) is 1.27. The number of hydrogen-bond acceptors (Lipinski definition) is 5. The zero-order valence-electron chi connectivity index (χ0n) is 14.7. The standard InChI is InChI=1S/C18H26N6O/c1-14-21-22-23-24(14)17(12-15-6-3-2-4-7-15)18(25)20-11-9-16-8-5-10-19-13-16/h2-4,6-7,16-17,19H,5,8-13H2,1H3,(H,20,25). The smallest absolute Gasteiger partial charge is 0.245 e. The van der Waals surface area contributed by atoms with Crippen molar-refractivity contribution in [3.05, 3.63) is 41.7 Å². The molecule has 1 aromatic carbocycles. The highest BCUT2D eigenvalue weighted by atomic mass is 16.2. The maximum absolute atomic E-state index is 12.8. The maximum Gasteiger partial charge on any atom is 0.245 e. The fourth-order valence-electron chi connectivity index (χ4n) is 3.34. The molecule has 3 rings (SSSR count). The first kappa shape index (κ1) is 17.5. The minimum Gasteiger partial charge on any atom is -0.354 e. The summed E-state index contributed by atoms with van der Waals surface area (Å²) in [5, 5.41) is 18.1. The molecular formula is C18H26N6O. The Labute approximate surface area is 148 Å². The molecule has 2 N–H and O–H groups in total. The molecule has 1 saturated heterocycles.